The monoisotopic (exact) mass is 600 g/mol. The minimum atomic E-state index is -0.519. The molecule has 0 spiro atoms. The fourth-order valence-corrected chi connectivity index (χ4v) is 5.44. The van der Waals surface area contributed by atoms with Crippen molar-refractivity contribution in [3.8, 4) is 11.3 Å². The summed E-state index contributed by atoms with van der Waals surface area (Å²) in [5, 5.41) is 19.2. The van der Waals surface area contributed by atoms with E-state index in [1.165, 1.54) is 33.5 Å². The van der Waals surface area contributed by atoms with Crippen molar-refractivity contribution in [3.05, 3.63) is 124 Å². The number of hydrogen-bond acceptors (Lipinski definition) is 7. The number of carbonyl (C=O) groups excluding carboxylic acids is 1. The highest BCUT2D eigenvalue weighted by Gasteiger charge is 2.28. The van der Waals surface area contributed by atoms with Gasteiger partial charge in [0, 0.05) is 41.2 Å². The summed E-state index contributed by atoms with van der Waals surface area (Å²) in [5.74, 6) is -0.544. The molecule has 2 N–H and O–H groups in total. The van der Waals surface area contributed by atoms with Crippen LogP contribution in [0.5, 0.6) is 0 Å². The second kappa shape index (κ2) is 10.6. The lowest BCUT2D eigenvalue weighted by molar-refractivity contribution is 0.102. The third-order valence-electron chi connectivity index (χ3n) is 7.84. The molecule has 222 valence electrons. The van der Waals surface area contributed by atoms with Crippen LogP contribution in [0.4, 0.5) is 10.1 Å². The number of anilines is 1. The van der Waals surface area contributed by atoms with E-state index in [1.54, 1.807) is 24.7 Å². The zero-order valence-electron chi connectivity index (χ0n) is 23.8. The molecule has 5 heterocycles. The highest BCUT2D eigenvalue weighted by atomic mass is 19.1. The standard InChI is InChI=1S/C32H25FN10O2/c33-26-9-8-21(12-24(26)28-18-41(40-39-28)17-22-13-30(44)43-29(36-22)10-11-34-43)37-32(45)23-14-27(20-6-7-20)38-31-25(23)15-35-42(31)16-19-4-2-1-3-5-19/h1-5,8-15,18,20,34H,6-7,16-17H2,(H,37,45). The van der Waals surface area contributed by atoms with Crippen molar-refractivity contribution in [2.45, 2.75) is 31.8 Å². The number of H-pyrrole nitrogens is 1. The molecule has 0 aliphatic heterocycles. The summed E-state index contributed by atoms with van der Waals surface area (Å²) in [4.78, 5) is 35.3. The molecule has 13 heteroatoms. The topological polar surface area (TPSA) is 141 Å². The van der Waals surface area contributed by atoms with Gasteiger partial charge in [0.1, 0.15) is 11.5 Å². The van der Waals surface area contributed by atoms with Crippen molar-refractivity contribution in [2.24, 2.45) is 0 Å². The molecule has 8 rings (SSSR count). The van der Waals surface area contributed by atoms with Gasteiger partial charge in [0.2, 0.25) is 0 Å². The molecular weight excluding hydrogens is 575 g/mol. The molecule has 45 heavy (non-hydrogen) atoms. The molecule has 0 atom stereocenters. The van der Waals surface area contributed by atoms with Gasteiger partial charge < -0.3 is 5.32 Å². The minimum absolute atomic E-state index is 0.168. The first-order valence-electron chi connectivity index (χ1n) is 14.5. The van der Waals surface area contributed by atoms with Gasteiger partial charge in [-0.1, -0.05) is 35.5 Å². The van der Waals surface area contributed by atoms with E-state index in [9.17, 15) is 9.59 Å². The number of rotatable bonds is 8. The molecule has 1 saturated carbocycles. The molecule has 5 aromatic heterocycles. The summed E-state index contributed by atoms with van der Waals surface area (Å²) >= 11 is 0. The Hall–Kier alpha value is -5.98. The Morgan fingerprint density at radius 1 is 1.02 bits per heavy atom. The van der Waals surface area contributed by atoms with E-state index in [1.807, 2.05) is 41.1 Å². The van der Waals surface area contributed by atoms with E-state index < -0.39 is 5.82 Å². The van der Waals surface area contributed by atoms with Crippen LogP contribution in [-0.2, 0) is 13.1 Å². The highest BCUT2D eigenvalue weighted by Crippen LogP contribution is 2.40. The lowest BCUT2D eigenvalue weighted by Gasteiger charge is -2.10. The maximum absolute atomic E-state index is 15.0. The van der Waals surface area contributed by atoms with E-state index in [2.05, 4.69) is 30.8 Å². The van der Waals surface area contributed by atoms with Crippen LogP contribution in [0.15, 0.2) is 90.1 Å². The Morgan fingerprint density at radius 3 is 2.73 bits per heavy atom. The summed E-state index contributed by atoms with van der Waals surface area (Å²) in [5.41, 5.74) is 4.60. The van der Waals surface area contributed by atoms with Crippen LogP contribution in [0, 0.1) is 5.82 Å². The van der Waals surface area contributed by atoms with Crippen molar-refractivity contribution in [1.82, 2.24) is 44.4 Å². The number of carbonyl (C=O) groups is 1. The lowest BCUT2D eigenvalue weighted by Crippen LogP contribution is -2.16. The molecule has 0 saturated heterocycles. The Kier molecular flexibility index (Phi) is 6.29. The van der Waals surface area contributed by atoms with E-state index in [-0.39, 0.29) is 29.3 Å². The Balaban J connectivity index is 1.06. The van der Waals surface area contributed by atoms with Gasteiger partial charge in [0.25, 0.3) is 11.5 Å². The predicted octanol–water partition coefficient (Wildman–Crippen LogP) is 4.39. The van der Waals surface area contributed by atoms with Crippen molar-refractivity contribution in [3.63, 3.8) is 0 Å². The Labute approximate surface area is 254 Å². The maximum atomic E-state index is 15.0. The molecule has 0 radical (unpaired) electrons. The van der Waals surface area contributed by atoms with Crippen LogP contribution < -0.4 is 10.9 Å². The summed E-state index contributed by atoms with van der Waals surface area (Å²) < 4.78 is 19.6. The number of fused-ring (bicyclic) bond motifs is 2. The number of pyridine rings is 1. The van der Waals surface area contributed by atoms with E-state index in [0.29, 0.717) is 46.1 Å². The van der Waals surface area contributed by atoms with Crippen LogP contribution in [0.1, 0.15) is 46.1 Å². The van der Waals surface area contributed by atoms with Crippen LogP contribution in [0.25, 0.3) is 27.9 Å². The van der Waals surface area contributed by atoms with Crippen molar-refractivity contribution in [1.29, 1.82) is 0 Å². The number of nitrogens with one attached hydrogen (secondary N) is 2. The molecule has 1 aliphatic rings. The van der Waals surface area contributed by atoms with Gasteiger partial charge in [0.15, 0.2) is 11.3 Å². The van der Waals surface area contributed by atoms with Gasteiger partial charge in [0.05, 0.1) is 42.1 Å². The average molecular weight is 601 g/mol. The van der Waals surface area contributed by atoms with E-state index >= 15 is 4.39 Å². The molecule has 1 aliphatic carbocycles. The van der Waals surface area contributed by atoms with E-state index in [0.717, 1.165) is 24.1 Å². The Morgan fingerprint density at radius 2 is 1.89 bits per heavy atom. The smallest absolute Gasteiger partial charge is 0.272 e. The molecule has 1 fully saturated rings. The second-order valence-corrected chi connectivity index (χ2v) is 11.1. The van der Waals surface area contributed by atoms with Crippen LogP contribution >= 0.6 is 0 Å². The van der Waals surface area contributed by atoms with Crippen LogP contribution in [0.3, 0.4) is 0 Å². The molecule has 1 amide bonds. The zero-order chi connectivity index (χ0) is 30.5. The third kappa shape index (κ3) is 5.13. The fourth-order valence-electron chi connectivity index (χ4n) is 5.44. The SMILES string of the molecule is O=C(Nc1ccc(F)c(-c2cn(Cc3cc(=O)n4[nH]ccc4n3)nn2)c1)c1cc(C2CC2)nc2c1cnn2Cc1ccccc1. The minimum Gasteiger partial charge on any atom is -0.322 e. The van der Waals surface area contributed by atoms with Gasteiger partial charge in [-0.2, -0.15) is 5.10 Å². The maximum Gasteiger partial charge on any atom is 0.272 e. The van der Waals surface area contributed by atoms with Crippen LogP contribution in [0.2, 0.25) is 0 Å². The number of hydrogen-bond donors (Lipinski definition) is 2. The zero-order valence-corrected chi connectivity index (χ0v) is 23.8. The largest absolute Gasteiger partial charge is 0.322 e. The van der Waals surface area contributed by atoms with E-state index in [4.69, 9.17) is 4.98 Å². The summed E-state index contributed by atoms with van der Waals surface area (Å²) in [6.07, 6.45) is 6.92. The summed E-state index contributed by atoms with van der Waals surface area (Å²) in [6, 6.07) is 19.2. The highest BCUT2D eigenvalue weighted by molar-refractivity contribution is 6.12. The number of aromatic amines is 1. The molecule has 0 bridgehead atoms. The van der Waals surface area contributed by atoms with Crippen molar-refractivity contribution >= 4 is 28.3 Å². The summed E-state index contributed by atoms with van der Waals surface area (Å²) in [7, 11) is 0. The molecule has 7 aromatic rings. The number of nitrogens with zero attached hydrogens (tertiary/aromatic N) is 8. The molecular formula is C32H25FN10O2. The number of benzene rings is 2. The molecule has 2 aromatic carbocycles. The second-order valence-electron chi connectivity index (χ2n) is 11.1. The van der Waals surface area contributed by atoms with Gasteiger partial charge in [-0.15, -0.1) is 5.10 Å². The number of halogens is 1. The van der Waals surface area contributed by atoms with Gasteiger partial charge in [-0.3, -0.25) is 14.7 Å². The lowest BCUT2D eigenvalue weighted by atomic mass is 10.1. The fraction of sp³-hybridized carbons (Fsp3) is 0.156. The van der Waals surface area contributed by atoms with Crippen molar-refractivity contribution < 1.29 is 9.18 Å². The first kappa shape index (κ1) is 26.6. The molecule has 0 unspecified atom stereocenters. The summed E-state index contributed by atoms with van der Waals surface area (Å²) in [6.45, 7) is 0.698. The van der Waals surface area contributed by atoms with Gasteiger partial charge in [-0.25, -0.2) is 28.2 Å². The normalized spacial score (nSPS) is 13.1. The quantitative estimate of drug-likeness (QED) is 0.264. The van der Waals surface area contributed by atoms with Gasteiger partial charge >= 0.3 is 0 Å². The van der Waals surface area contributed by atoms with Gasteiger partial charge in [-0.05, 0) is 42.7 Å². The number of aromatic nitrogens is 9. The predicted molar refractivity (Wildman–Crippen MR) is 163 cm³/mol. The average Bonchev–Trinajstić information content (AvgIpc) is 3.39. The number of amides is 1. The first-order valence-corrected chi connectivity index (χ1v) is 14.5. The third-order valence-corrected chi connectivity index (χ3v) is 7.84. The molecule has 12 nitrogen and oxygen atoms in total. The van der Waals surface area contributed by atoms with Crippen LogP contribution in [-0.4, -0.2) is 50.3 Å². The van der Waals surface area contributed by atoms with Crippen molar-refractivity contribution in [2.75, 3.05) is 5.32 Å². The Bertz CT molecular complexity index is 2280. The first-order chi connectivity index (χ1) is 22.0.